The third-order valence-electron chi connectivity index (χ3n) is 11.3. The molecule has 4 heterocycles. The monoisotopic (exact) mass is 877 g/mol. The maximum absolute atomic E-state index is 14.6. The second-order valence-corrected chi connectivity index (χ2v) is 16.1. The summed E-state index contributed by atoms with van der Waals surface area (Å²) in [4.78, 5) is 102. The molecule has 62 heavy (non-hydrogen) atoms. The standard InChI is InChI=1S/C41H48F5N7O9/c1-22-15-33-39(59)61-21-30(37(57)52-14-6-4-8-32(52)38(58)51-13-5-3-7-31(51)35(55)47-23(2)36(56)53(33)20-22)49-34(54)29(18-24-16-25(42)19-26(43)17-24)50-40(60)48-27-9-11-28(12-10-27)62-41(44,45)46/h9-12,16-17,19,22-23,29-33H,3-8,13-15,18,20-21H2,1-2H3,(H,47,55)(H,49,54)(H2,48,50,60)/t22-,23+,29+,30?,31+,32+,33+/m1/s1. The summed E-state index contributed by atoms with van der Waals surface area (Å²) in [5.41, 5.74) is -0.131. The van der Waals surface area contributed by atoms with Crippen molar-refractivity contribution in [3.8, 4) is 5.75 Å². The van der Waals surface area contributed by atoms with Crippen LogP contribution in [0.3, 0.4) is 0 Å². The number of piperidine rings is 2. The van der Waals surface area contributed by atoms with Crippen molar-refractivity contribution in [1.29, 1.82) is 0 Å². The van der Waals surface area contributed by atoms with Crippen molar-refractivity contribution in [3.05, 3.63) is 59.7 Å². The lowest BCUT2D eigenvalue weighted by atomic mass is 9.95. The van der Waals surface area contributed by atoms with Gasteiger partial charge >= 0.3 is 18.4 Å². The number of hydrogen-bond acceptors (Lipinski definition) is 9. The van der Waals surface area contributed by atoms with E-state index in [1.54, 1.807) is 0 Å². The molecule has 4 aliphatic rings. The van der Waals surface area contributed by atoms with Crippen molar-refractivity contribution >= 4 is 47.2 Å². The highest BCUT2D eigenvalue weighted by Crippen LogP contribution is 2.28. The quantitative estimate of drug-likeness (QED) is 0.239. The molecule has 4 saturated heterocycles. The minimum Gasteiger partial charge on any atom is -0.461 e. The van der Waals surface area contributed by atoms with Gasteiger partial charge in [-0.05, 0) is 99.7 Å². The number of carbonyl (C=O) groups excluding carboxylic acids is 7. The first-order chi connectivity index (χ1) is 29.4. The summed E-state index contributed by atoms with van der Waals surface area (Å²) in [5, 5.41) is 9.95. The summed E-state index contributed by atoms with van der Waals surface area (Å²) < 4.78 is 76.2. The SMILES string of the molecule is C[C@@H]1C[C@H]2C(=O)OCC(NC(=O)[C@H](Cc3cc(F)cc(F)c3)NC(=O)Nc3ccc(OC(F)(F)F)cc3)C(=O)N3CCCC[C@H]3C(=O)N3CCCC[C@H]3C(=O)N[C@@H](C)C(=O)N2C1. The number of anilines is 1. The molecule has 16 nitrogen and oxygen atoms in total. The number of amides is 7. The van der Waals surface area contributed by atoms with E-state index in [2.05, 4.69) is 26.0 Å². The number of nitrogens with zero attached hydrogens (tertiary/aromatic N) is 3. The Morgan fingerprint density at radius 2 is 1.47 bits per heavy atom. The molecule has 7 atom stereocenters. The Bertz CT molecular complexity index is 2020. The highest BCUT2D eigenvalue weighted by atomic mass is 19.4. The molecule has 0 aliphatic carbocycles. The Balaban J connectivity index is 1.30. The van der Waals surface area contributed by atoms with Crippen LogP contribution in [0.2, 0.25) is 0 Å². The summed E-state index contributed by atoms with van der Waals surface area (Å²) in [6.45, 7) is 2.94. The molecule has 0 aromatic heterocycles. The van der Waals surface area contributed by atoms with Gasteiger partial charge in [0.05, 0.1) is 0 Å². The van der Waals surface area contributed by atoms with Gasteiger partial charge in [0.15, 0.2) is 0 Å². The minimum absolute atomic E-state index is 0.0370. The molecule has 2 aromatic carbocycles. The van der Waals surface area contributed by atoms with Gasteiger partial charge in [0.1, 0.15) is 60.2 Å². The minimum atomic E-state index is -4.97. The van der Waals surface area contributed by atoms with Crippen molar-refractivity contribution in [2.75, 3.05) is 31.6 Å². The number of halogens is 5. The molecule has 4 aliphatic heterocycles. The lowest BCUT2D eigenvalue weighted by Crippen LogP contribution is -2.63. The fourth-order valence-electron chi connectivity index (χ4n) is 8.39. The average molecular weight is 878 g/mol. The second-order valence-electron chi connectivity index (χ2n) is 16.1. The fraction of sp³-hybridized carbons (Fsp3) is 0.537. The highest BCUT2D eigenvalue weighted by Gasteiger charge is 2.45. The van der Waals surface area contributed by atoms with Crippen LogP contribution >= 0.6 is 0 Å². The summed E-state index contributed by atoms with van der Waals surface area (Å²) in [7, 11) is 0. The van der Waals surface area contributed by atoms with Crippen LogP contribution in [0.15, 0.2) is 42.5 Å². The van der Waals surface area contributed by atoms with Crippen LogP contribution in [0.5, 0.6) is 5.75 Å². The van der Waals surface area contributed by atoms with Gasteiger partial charge in [0.25, 0.3) is 0 Å². The molecule has 6 rings (SSSR count). The Kier molecular flexibility index (Phi) is 14.2. The number of benzene rings is 2. The van der Waals surface area contributed by atoms with E-state index in [1.807, 2.05) is 6.92 Å². The first-order valence-electron chi connectivity index (χ1n) is 20.4. The number of urea groups is 1. The van der Waals surface area contributed by atoms with Crippen molar-refractivity contribution in [2.45, 2.75) is 108 Å². The largest absolute Gasteiger partial charge is 0.573 e. The third-order valence-corrected chi connectivity index (χ3v) is 11.3. The van der Waals surface area contributed by atoms with Crippen LogP contribution in [-0.2, 0) is 39.9 Å². The first-order valence-corrected chi connectivity index (χ1v) is 20.4. The number of rotatable bonds is 7. The summed E-state index contributed by atoms with van der Waals surface area (Å²) in [5.74, 6) is -7.18. The van der Waals surface area contributed by atoms with Crippen molar-refractivity contribution in [1.82, 2.24) is 30.7 Å². The third kappa shape index (κ3) is 11.3. The molecule has 4 N–H and O–H groups in total. The van der Waals surface area contributed by atoms with Crippen molar-refractivity contribution < 1.29 is 65.0 Å². The van der Waals surface area contributed by atoms with Gasteiger partial charge in [0.2, 0.25) is 29.5 Å². The topological polar surface area (TPSA) is 196 Å². The van der Waals surface area contributed by atoms with Gasteiger partial charge in [-0.3, -0.25) is 24.0 Å². The number of ether oxygens (including phenoxy) is 2. The van der Waals surface area contributed by atoms with E-state index >= 15 is 0 Å². The van der Waals surface area contributed by atoms with Gasteiger partial charge in [-0.25, -0.2) is 18.4 Å². The molecule has 7 amide bonds. The van der Waals surface area contributed by atoms with Crippen LogP contribution in [-0.4, -0.2) is 125 Å². The van der Waals surface area contributed by atoms with E-state index in [9.17, 15) is 55.5 Å². The number of carbonyl (C=O) groups is 7. The van der Waals surface area contributed by atoms with Crippen LogP contribution in [0, 0.1) is 17.6 Å². The number of cyclic esters (lactones) is 1. The van der Waals surface area contributed by atoms with E-state index in [1.165, 1.54) is 21.6 Å². The van der Waals surface area contributed by atoms with Crippen LogP contribution < -0.4 is 26.0 Å². The summed E-state index contributed by atoms with van der Waals surface area (Å²) >= 11 is 0. The number of nitrogens with one attached hydrogen (secondary N) is 4. The van der Waals surface area contributed by atoms with Gasteiger partial charge in [-0.2, -0.15) is 0 Å². The lowest BCUT2D eigenvalue weighted by molar-refractivity contribution is -0.274. The van der Waals surface area contributed by atoms with E-state index in [0.717, 1.165) is 36.4 Å². The normalized spacial score (nSPS) is 25.7. The van der Waals surface area contributed by atoms with Crippen molar-refractivity contribution in [2.24, 2.45) is 5.92 Å². The van der Waals surface area contributed by atoms with E-state index < -0.39 is 115 Å². The Labute approximate surface area is 353 Å². The highest BCUT2D eigenvalue weighted by molar-refractivity contribution is 5.98. The average Bonchev–Trinajstić information content (AvgIpc) is 3.62. The Morgan fingerprint density at radius 1 is 0.839 bits per heavy atom. The molecule has 0 spiro atoms. The first kappa shape index (κ1) is 45.5. The molecule has 336 valence electrons. The van der Waals surface area contributed by atoms with Crippen LogP contribution in [0.4, 0.5) is 32.4 Å². The molecule has 1 unspecified atom stereocenters. The predicted octanol–water partition coefficient (Wildman–Crippen LogP) is 3.14. The Morgan fingerprint density at radius 3 is 2.11 bits per heavy atom. The molecule has 4 fully saturated rings. The van der Waals surface area contributed by atoms with Gasteiger partial charge < -0.3 is 45.4 Å². The smallest absolute Gasteiger partial charge is 0.461 e. The molecule has 0 saturated carbocycles. The maximum Gasteiger partial charge on any atom is 0.573 e. The summed E-state index contributed by atoms with van der Waals surface area (Å²) in [6, 6.07) is -2.25. The molecule has 0 bridgehead atoms. The zero-order valence-electron chi connectivity index (χ0n) is 34.0. The van der Waals surface area contributed by atoms with E-state index in [4.69, 9.17) is 4.74 Å². The number of hydrogen-bond donors (Lipinski definition) is 4. The van der Waals surface area contributed by atoms with Gasteiger partial charge in [-0.1, -0.05) is 6.92 Å². The van der Waals surface area contributed by atoms with E-state index in [-0.39, 0.29) is 49.6 Å². The maximum atomic E-state index is 14.6. The number of esters is 1. The second kappa shape index (κ2) is 19.4. The zero-order chi connectivity index (χ0) is 44.9. The predicted molar refractivity (Wildman–Crippen MR) is 208 cm³/mol. The van der Waals surface area contributed by atoms with E-state index in [0.29, 0.717) is 38.2 Å². The molecular formula is C41H48F5N7O9. The molecule has 0 radical (unpaired) electrons. The Hall–Kier alpha value is -6.02. The zero-order valence-corrected chi connectivity index (χ0v) is 34.0. The molecule has 21 heteroatoms. The molecular weight excluding hydrogens is 829 g/mol. The van der Waals surface area contributed by atoms with Gasteiger partial charge in [-0.15, -0.1) is 13.2 Å². The summed E-state index contributed by atoms with van der Waals surface area (Å²) in [6.07, 6.45) is -2.59. The number of alkyl halides is 3. The fourth-order valence-corrected chi connectivity index (χ4v) is 8.39. The number of fused-ring (bicyclic) bond motifs is 3. The van der Waals surface area contributed by atoms with Crippen LogP contribution in [0.1, 0.15) is 64.4 Å². The molecule has 2 aromatic rings. The van der Waals surface area contributed by atoms with Crippen LogP contribution in [0.25, 0.3) is 0 Å². The van der Waals surface area contributed by atoms with Gasteiger partial charge in [0, 0.05) is 37.8 Å². The lowest BCUT2D eigenvalue weighted by Gasteiger charge is -2.42. The van der Waals surface area contributed by atoms with Crippen molar-refractivity contribution in [3.63, 3.8) is 0 Å².